The molecule has 4 N–H and O–H groups in total. The number of hydrogen-bond donors (Lipinski definition) is 3. The van der Waals surface area contributed by atoms with Gasteiger partial charge in [0.2, 0.25) is 11.8 Å². The molecule has 0 saturated carbocycles. The summed E-state index contributed by atoms with van der Waals surface area (Å²) in [6.45, 7) is 0.129. The van der Waals surface area contributed by atoms with Crippen LogP contribution in [0.25, 0.3) is 0 Å². The van der Waals surface area contributed by atoms with Gasteiger partial charge < -0.3 is 34.3 Å². The van der Waals surface area contributed by atoms with Gasteiger partial charge in [-0.15, -0.1) is 0 Å². The number of primary amides is 1. The van der Waals surface area contributed by atoms with Gasteiger partial charge in [-0.25, -0.2) is 0 Å². The summed E-state index contributed by atoms with van der Waals surface area (Å²) in [6.07, 6.45) is 2.98. The molecular formula is C21H23N3O7. The summed E-state index contributed by atoms with van der Waals surface area (Å²) in [4.78, 5) is 38.6. The molecule has 0 radical (unpaired) electrons. The first-order chi connectivity index (χ1) is 14.9. The monoisotopic (exact) mass is 429 g/mol. The number of hydrogen-bond acceptors (Lipinski definition) is 7. The zero-order valence-electron chi connectivity index (χ0n) is 16.7. The Hall–Kier alpha value is -3.79. The SMILES string of the molecule is NC(=O)CC(O)(CC(=O)N(Cc1ccco1)Cc1ccco1)C(=O)NCc1ccco1. The van der Waals surface area contributed by atoms with Gasteiger partial charge in [0.05, 0.1) is 51.3 Å². The molecule has 0 bridgehead atoms. The molecule has 3 aromatic heterocycles. The van der Waals surface area contributed by atoms with Gasteiger partial charge in [-0.2, -0.15) is 0 Å². The summed E-state index contributed by atoms with van der Waals surface area (Å²) in [7, 11) is 0. The number of carbonyl (C=O) groups excluding carboxylic acids is 3. The molecular weight excluding hydrogens is 406 g/mol. The fraction of sp³-hybridized carbons (Fsp3) is 0.286. The van der Waals surface area contributed by atoms with Crippen molar-refractivity contribution in [3.05, 3.63) is 72.5 Å². The van der Waals surface area contributed by atoms with Crippen molar-refractivity contribution in [2.45, 2.75) is 38.1 Å². The van der Waals surface area contributed by atoms with E-state index in [-0.39, 0.29) is 19.6 Å². The number of nitrogens with two attached hydrogens (primary N) is 1. The Bertz CT molecular complexity index is 944. The molecule has 10 heteroatoms. The summed E-state index contributed by atoms with van der Waals surface area (Å²) in [5.74, 6) is -0.983. The Labute approximate surface area is 177 Å². The average Bonchev–Trinajstić information content (AvgIpc) is 3.48. The lowest BCUT2D eigenvalue weighted by Gasteiger charge is -2.28. The van der Waals surface area contributed by atoms with Crippen LogP contribution in [0, 0.1) is 0 Å². The summed E-state index contributed by atoms with van der Waals surface area (Å²) in [6, 6.07) is 10.0. The minimum atomic E-state index is -2.33. The Kier molecular flexibility index (Phi) is 6.93. The first-order valence-corrected chi connectivity index (χ1v) is 9.49. The van der Waals surface area contributed by atoms with E-state index in [0.717, 1.165) is 0 Å². The van der Waals surface area contributed by atoms with Crippen molar-refractivity contribution in [3.63, 3.8) is 0 Å². The highest BCUT2D eigenvalue weighted by Gasteiger charge is 2.41. The second kappa shape index (κ2) is 9.81. The van der Waals surface area contributed by atoms with Gasteiger partial charge in [-0.05, 0) is 36.4 Å². The smallest absolute Gasteiger partial charge is 0.253 e. The molecule has 0 spiro atoms. The quantitative estimate of drug-likeness (QED) is 0.415. The van der Waals surface area contributed by atoms with Gasteiger partial charge in [0.25, 0.3) is 5.91 Å². The van der Waals surface area contributed by atoms with E-state index in [1.54, 1.807) is 36.4 Å². The van der Waals surface area contributed by atoms with Crippen LogP contribution in [0.3, 0.4) is 0 Å². The molecule has 3 heterocycles. The molecule has 1 atom stereocenters. The van der Waals surface area contributed by atoms with Crippen molar-refractivity contribution in [1.29, 1.82) is 0 Å². The molecule has 0 aliphatic carbocycles. The zero-order chi connectivity index (χ0) is 22.3. The molecule has 10 nitrogen and oxygen atoms in total. The van der Waals surface area contributed by atoms with E-state index in [4.69, 9.17) is 19.0 Å². The third-order valence-electron chi connectivity index (χ3n) is 4.54. The number of amides is 3. The third kappa shape index (κ3) is 6.09. The fourth-order valence-electron chi connectivity index (χ4n) is 3.03. The van der Waals surface area contributed by atoms with Crippen LogP contribution < -0.4 is 11.1 Å². The van der Waals surface area contributed by atoms with Crippen LogP contribution in [0.1, 0.15) is 30.1 Å². The average molecular weight is 429 g/mol. The van der Waals surface area contributed by atoms with Gasteiger partial charge in [-0.3, -0.25) is 14.4 Å². The Morgan fingerprint density at radius 2 is 1.42 bits per heavy atom. The lowest BCUT2D eigenvalue weighted by Crippen LogP contribution is -2.52. The number of rotatable bonds is 11. The second-order valence-corrected chi connectivity index (χ2v) is 7.02. The van der Waals surface area contributed by atoms with E-state index in [0.29, 0.717) is 17.3 Å². The van der Waals surface area contributed by atoms with E-state index >= 15 is 0 Å². The Morgan fingerprint density at radius 3 is 1.87 bits per heavy atom. The standard InChI is InChI=1S/C21H23N3O7/c22-18(25)10-21(28,20(27)23-12-15-4-1-7-29-15)11-19(26)24(13-16-5-2-8-30-16)14-17-6-3-9-31-17/h1-9,28H,10-14H2,(H2,22,25)(H,23,27). The molecule has 3 amide bonds. The largest absolute Gasteiger partial charge is 0.467 e. The maximum absolute atomic E-state index is 13.1. The van der Waals surface area contributed by atoms with E-state index in [2.05, 4.69) is 5.32 Å². The Morgan fingerprint density at radius 1 is 0.903 bits per heavy atom. The van der Waals surface area contributed by atoms with Gasteiger partial charge in [0.15, 0.2) is 5.60 Å². The van der Waals surface area contributed by atoms with Gasteiger partial charge in [-0.1, -0.05) is 0 Å². The second-order valence-electron chi connectivity index (χ2n) is 7.02. The van der Waals surface area contributed by atoms with Gasteiger partial charge >= 0.3 is 0 Å². The summed E-state index contributed by atoms with van der Waals surface area (Å²) in [5, 5.41) is 13.4. The van der Waals surface area contributed by atoms with Crippen molar-refractivity contribution < 1.29 is 32.7 Å². The van der Waals surface area contributed by atoms with E-state index in [9.17, 15) is 19.5 Å². The molecule has 1 unspecified atom stereocenters. The lowest BCUT2D eigenvalue weighted by atomic mass is 9.93. The minimum Gasteiger partial charge on any atom is -0.467 e. The molecule has 164 valence electrons. The molecule has 0 aliphatic heterocycles. The topological polar surface area (TPSA) is 152 Å². The molecule has 3 aromatic rings. The number of furan rings is 3. The predicted molar refractivity (Wildman–Crippen MR) is 106 cm³/mol. The molecule has 0 saturated heterocycles. The van der Waals surface area contributed by atoms with Crippen molar-refractivity contribution in [1.82, 2.24) is 10.2 Å². The minimum absolute atomic E-state index is 0.0242. The van der Waals surface area contributed by atoms with Crippen LogP contribution >= 0.6 is 0 Å². The third-order valence-corrected chi connectivity index (χ3v) is 4.54. The van der Waals surface area contributed by atoms with E-state index in [1.807, 2.05) is 0 Å². The summed E-state index contributed by atoms with van der Waals surface area (Å²) in [5.41, 5.74) is 2.89. The summed E-state index contributed by atoms with van der Waals surface area (Å²) >= 11 is 0. The normalized spacial score (nSPS) is 12.8. The molecule has 3 rings (SSSR count). The Balaban J connectivity index is 1.74. The van der Waals surface area contributed by atoms with Crippen LogP contribution in [0.4, 0.5) is 0 Å². The molecule has 31 heavy (non-hydrogen) atoms. The number of nitrogens with one attached hydrogen (secondary N) is 1. The lowest BCUT2D eigenvalue weighted by molar-refractivity contribution is -0.153. The number of carbonyl (C=O) groups is 3. The fourth-order valence-corrected chi connectivity index (χ4v) is 3.03. The number of aliphatic hydroxyl groups is 1. The highest BCUT2D eigenvalue weighted by molar-refractivity contribution is 5.94. The molecule has 0 fully saturated rings. The first kappa shape index (κ1) is 21.9. The van der Waals surface area contributed by atoms with Crippen LogP contribution in [-0.2, 0) is 34.0 Å². The van der Waals surface area contributed by atoms with Crippen molar-refractivity contribution >= 4 is 17.7 Å². The molecule has 0 aromatic carbocycles. The van der Waals surface area contributed by atoms with Crippen molar-refractivity contribution in [2.75, 3.05) is 0 Å². The van der Waals surface area contributed by atoms with Crippen LogP contribution in [0.15, 0.2) is 68.4 Å². The van der Waals surface area contributed by atoms with E-state index < -0.39 is 36.2 Å². The van der Waals surface area contributed by atoms with Crippen LogP contribution in [-0.4, -0.2) is 33.3 Å². The van der Waals surface area contributed by atoms with Crippen molar-refractivity contribution in [2.24, 2.45) is 5.73 Å². The molecule has 0 aliphatic rings. The summed E-state index contributed by atoms with van der Waals surface area (Å²) < 4.78 is 15.7. The van der Waals surface area contributed by atoms with Crippen LogP contribution in [0.5, 0.6) is 0 Å². The van der Waals surface area contributed by atoms with Gasteiger partial charge in [0.1, 0.15) is 17.3 Å². The first-order valence-electron chi connectivity index (χ1n) is 9.49. The van der Waals surface area contributed by atoms with Crippen molar-refractivity contribution in [3.8, 4) is 0 Å². The van der Waals surface area contributed by atoms with Gasteiger partial charge in [0, 0.05) is 0 Å². The zero-order valence-corrected chi connectivity index (χ0v) is 16.7. The highest BCUT2D eigenvalue weighted by Crippen LogP contribution is 2.21. The maximum atomic E-state index is 13.1. The van der Waals surface area contributed by atoms with E-state index in [1.165, 1.54) is 23.7 Å². The highest BCUT2D eigenvalue weighted by atomic mass is 16.3. The maximum Gasteiger partial charge on any atom is 0.253 e. The predicted octanol–water partition coefficient (Wildman–Crippen LogP) is 1.31. The van der Waals surface area contributed by atoms with Crippen LogP contribution in [0.2, 0.25) is 0 Å². The number of nitrogens with zero attached hydrogens (tertiary/aromatic N) is 1.